The molecule has 26 heavy (non-hydrogen) atoms. The van der Waals surface area contributed by atoms with Crippen LogP contribution >= 0.6 is 11.5 Å². The highest BCUT2D eigenvalue weighted by molar-refractivity contribution is 7.13. The number of aromatic nitrogens is 1. The second kappa shape index (κ2) is 6.56. The van der Waals surface area contributed by atoms with Crippen LogP contribution in [-0.4, -0.2) is 83.2 Å². The first-order valence-corrected chi connectivity index (χ1v) is 9.24. The number of nitrogens with zero attached hydrogens (tertiary/aromatic N) is 5. The van der Waals surface area contributed by atoms with E-state index in [9.17, 15) is 14.4 Å². The van der Waals surface area contributed by atoms with Crippen molar-refractivity contribution >= 4 is 45.3 Å². The highest BCUT2D eigenvalue weighted by Crippen LogP contribution is 2.29. The molecule has 2 aliphatic rings. The molecule has 8 nitrogen and oxygen atoms in total. The van der Waals surface area contributed by atoms with Gasteiger partial charge in [0.2, 0.25) is 5.91 Å². The average Bonchev–Trinajstić information content (AvgIpc) is 3.18. The number of imide groups is 1. The van der Waals surface area contributed by atoms with Crippen LogP contribution in [0.4, 0.5) is 10.6 Å². The van der Waals surface area contributed by atoms with E-state index in [1.165, 1.54) is 16.4 Å². The molecular weight excluding hydrogens is 354 g/mol. The Morgan fingerprint density at radius 1 is 1.15 bits per heavy atom. The lowest BCUT2D eigenvalue weighted by atomic mass is 10.2. The van der Waals surface area contributed by atoms with E-state index in [4.69, 9.17) is 0 Å². The lowest BCUT2D eigenvalue weighted by molar-refractivity contribution is -0.136. The molecule has 0 radical (unpaired) electrons. The van der Waals surface area contributed by atoms with Crippen molar-refractivity contribution in [3.8, 4) is 0 Å². The third-order valence-electron chi connectivity index (χ3n) is 4.81. The van der Waals surface area contributed by atoms with Crippen molar-refractivity contribution in [1.82, 2.24) is 19.1 Å². The first kappa shape index (κ1) is 16.8. The maximum absolute atomic E-state index is 12.5. The van der Waals surface area contributed by atoms with E-state index in [0.717, 1.165) is 20.8 Å². The SMILES string of the molecule is CN1CC(=O)N(CC(=O)N2CCN(c3nsc4ccccc34)CC2)C1=O. The molecule has 9 heteroatoms. The van der Waals surface area contributed by atoms with Gasteiger partial charge in [-0.05, 0) is 23.7 Å². The summed E-state index contributed by atoms with van der Waals surface area (Å²) < 4.78 is 5.71. The van der Waals surface area contributed by atoms with Crippen molar-refractivity contribution in [3.05, 3.63) is 24.3 Å². The Labute approximate surface area is 154 Å². The van der Waals surface area contributed by atoms with Crippen LogP contribution in [0, 0.1) is 0 Å². The third-order valence-corrected chi connectivity index (χ3v) is 5.63. The normalized spacial score (nSPS) is 18.3. The summed E-state index contributed by atoms with van der Waals surface area (Å²) >= 11 is 1.48. The maximum atomic E-state index is 12.5. The number of piperazine rings is 1. The van der Waals surface area contributed by atoms with Crippen LogP contribution in [0.5, 0.6) is 0 Å². The van der Waals surface area contributed by atoms with Crippen LogP contribution < -0.4 is 4.90 Å². The van der Waals surface area contributed by atoms with E-state index in [1.807, 2.05) is 12.1 Å². The van der Waals surface area contributed by atoms with E-state index < -0.39 is 6.03 Å². The molecule has 2 aliphatic heterocycles. The molecular formula is C17H19N5O3S. The number of urea groups is 1. The first-order valence-electron chi connectivity index (χ1n) is 8.47. The van der Waals surface area contributed by atoms with Gasteiger partial charge in [0, 0.05) is 38.6 Å². The molecule has 0 aliphatic carbocycles. The second-order valence-corrected chi connectivity index (χ2v) is 7.29. The Hall–Kier alpha value is -2.68. The van der Waals surface area contributed by atoms with Gasteiger partial charge in [0.25, 0.3) is 5.91 Å². The molecule has 0 saturated carbocycles. The van der Waals surface area contributed by atoms with Gasteiger partial charge in [0.1, 0.15) is 18.9 Å². The van der Waals surface area contributed by atoms with Gasteiger partial charge in [-0.25, -0.2) is 4.79 Å². The number of fused-ring (bicyclic) bond motifs is 1. The third kappa shape index (κ3) is 2.88. The summed E-state index contributed by atoms with van der Waals surface area (Å²) in [6.45, 7) is 2.33. The summed E-state index contributed by atoms with van der Waals surface area (Å²) in [4.78, 5) is 42.5. The minimum absolute atomic E-state index is 0.0385. The molecule has 0 spiro atoms. The molecule has 1 aromatic carbocycles. The highest BCUT2D eigenvalue weighted by Gasteiger charge is 2.36. The van der Waals surface area contributed by atoms with Gasteiger partial charge in [0.05, 0.1) is 4.70 Å². The van der Waals surface area contributed by atoms with Crippen molar-refractivity contribution in [2.24, 2.45) is 0 Å². The summed E-state index contributed by atoms with van der Waals surface area (Å²) in [7, 11) is 1.56. The number of carbonyl (C=O) groups is 3. The Bertz CT molecular complexity index is 874. The molecule has 1 aromatic heterocycles. The Morgan fingerprint density at radius 3 is 2.58 bits per heavy atom. The molecule has 0 bridgehead atoms. The number of rotatable bonds is 3. The molecule has 2 saturated heterocycles. The molecule has 136 valence electrons. The number of amides is 4. The van der Waals surface area contributed by atoms with E-state index in [-0.39, 0.29) is 24.9 Å². The fourth-order valence-electron chi connectivity index (χ4n) is 3.33. The van der Waals surface area contributed by atoms with Crippen LogP contribution in [-0.2, 0) is 9.59 Å². The summed E-state index contributed by atoms with van der Waals surface area (Å²) in [6, 6.07) is 7.71. The largest absolute Gasteiger partial charge is 0.352 e. The summed E-state index contributed by atoms with van der Waals surface area (Å²) in [5.41, 5.74) is 0. The molecule has 4 amide bonds. The molecule has 0 N–H and O–H groups in total. The van der Waals surface area contributed by atoms with Crippen LogP contribution in [0.1, 0.15) is 0 Å². The predicted octanol–water partition coefficient (Wildman–Crippen LogP) is 0.839. The maximum Gasteiger partial charge on any atom is 0.327 e. The minimum atomic E-state index is -0.407. The smallest absolute Gasteiger partial charge is 0.327 e. The topological polar surface area (TPSA) is 77.1 Å². The predicted molar refractivity (Wildman–Crippen MR) is 98.2 cm³/mol. The lowest BCUT2D eigenvalue weighted by Crippen LogP contribution is -2.52. The number of carbonyl (C=O) groups excluding carboxylic acids is 3. The van der Waals surface area contributed by atoms with Crippen LogP contribution in [0.15, 0.2) is 24.3 Å². The molecule has 0 unspecified atom stereocenters. The number of hydrogen-bond donors (Lipinski definition) is 0. The first-order chi connectivity index (χ1) is 12.5. The van der Waals surface area contributed by atoms with Crippen LogP contribution in [0.25, 0.3) is 10.1 Å². The highest BCUT2D eigenvalue weighted by atomic mass is 32.1. The van der Waals surface area contributed by atoms with Gasteiger partial charge < -0.3 is 14.7 Å². The van der Waals surface area contributed by atoms with Crippen molar-refractivity contribution in [2.45, 2.75) is 0 Å². The summed E-state index contributed by atoms with van der Waals surface area (Å²) in [5, 5.41) is 1.13. The molecule has 4 rings (SSSR count). The van der Waals surface area contributed by atoms with Gasteiger partial charge >= 0.3 is 6.03 Å². The quantitative estimate of drug-likeness (QED) is 0.745. The van der Waals surface area contributed by atoms with Crippen LogP contribution in [0.3, 0.4) is 0 Å². The van der Waals surface area contributed by atoms with E-state index in [2.05, 4.69) is 21.4 Å². The van der Waals surface area contributed by atoms with Gasteiger partial charge in [-0.3, -0.25) is 14.5 Å². The molecule has 2 fully saturated rings. The Kier molecular flexibility index (Phi) is 4.23. The summed E-state index contributed by atoms with van der Waals surface area (Å²) in [5.74, 6) is 0.451. The van der Waals surface area contributed by atoms with Crippen molar-refractivity contribution in [2.75, 3.05) is 51.2 Å². The van der Waals surface area contributed by atoms with Crippen molar-refractivity contribution in [3.63, 3.8) is 0 Å². The lowest BCUT2D eigenvalue weighted by Gasteiger charge is -2.35. The number of hydrogen-bond acceptors (Lipinski definition) is 6. The average molecular weight is 373 g/mol. The van der Waals surface area contributed by atoms with Gasteiger partial charge in [-0.1, -0.05) is 12.1 Å². The second-order valence-electron chi connectivity index (χ2n) is 6.49. The number of anilines is 1. The van der Waals surface area contributed by atoms with E-state index in [0.29, 0.717) is 26.2 Å². The summed E-state index contributed by atoms with van der Waals surface area (Å²) in [6.07, 6.45) is 0. The Morgan fingerprint density at radius 2 is 1.88 bits per heavy atom. The molecule has 3 heterocycles. The standard InChI is InChI=1S/C17H19N5O3S/c1-19-10-15(24)22(17(19)25)11-14(23)20-6-8-21(9-7-20)16-12-4-2-3-5-13(12)26-18-16/h2-5H,6-11H2,1H3. The van der Waals surface area contributed by atoms with E-state index in [1.54, 1.807) is 11.9 Å². The number of benzene rings is 1. The minimum Gasteiger partial charge on any atom is -0.352 e. The van der Waals surface area contributed by atoms with Crippen LogP contribution in [0.2, 0.25) is 0 Å². The number of likely N-dealkylation sites (N-methyl/N-ethyl adjacent to an activating group) is 1. The van der Waals surface area contributed by atoms with Crippen molar-refractivity contribution < 1.29 is 14.4 Å². The zero-order chi connectivity index (χ0) is 18.3. The fraction of sp³-hybridized carbons (Fsp3) is 0.412. The molecule has 2 aromatic rings. The zero-order valence-electron chi connectivity index (χ0n) is 14.4. The van der Waals surface area contributed by atoms with Crippen molar-refractivity contribution in [1.29, 1.82) is 0 Å². The van der Waals surface area contributed by atoms with Gasteiger partial charge in [-0.15, -0.1) is 0 Å². The molecule has 0 atom stereocenters. The van der Waals surface area contributed by atoms with Gasteiger partial charge in [-0.2, -0.15) is 4.37 Å². The Balaban J connectivity index is 1.38. The zero-order valence-corrected chi connectivity index (χ0v) is 15.2. The van der Waals surface area contributed by atoms with Gasteiger partial charge in [0.15, 0.2) is 0 Å². The van der Waals surface area contributed by atoms with E-state index >= 15 is 0 Å². The fourth-order valence-corrected chi connectivity index (χ4v) is 4.12. The monoisotopic (exact) mass is 373 g/mol.